The molecule has 0 heterocycles. The summed E-state index contributed by atoms with van der Waals surface area (Å²) in [6.45, 7) is 4.18. The van der Waals surface area contributed by atoms with Crippen molar-refractivity contribution in [3.05, 3.63) is 207 Å². The molecule has 0 rings (SSSR count). The van der Waals surface area contributed by atoms with Crippen LogP contribution in [0.25, 0.3) is 0 Å². The Balaban J connectivity index is 4.12. The molecule has 2 atom stereocenters. The summed E-state index contributed by atoms with van der Waals surface area (Å²) in [6.07, 6.45) is 116. The van der Waals surface area contributed by atoms with Gasteiger partial charge in [0.05, 0.1) is 27.7 Å². The molecular formula is C86H139NO8P+. The predicted octanol–water partition coefficient (Wildman–Crippen LogP) is 25.4. The molecule has 2 unspecified atom stereocenters. The van der Waals surface area contributed by atoms with E-state index in [1.165, 1.54) is 70.6 Å². The first-order valence-electron chi connectivity index (χ1n) is 37.8. The molecule has 0 saturated carbocycles. The van der Waals surface area contributed by atoms with E-state index in [1.54, 1.807) is 0 Å². The van der Waals surface area contributed by atoms with Crippen molar-refractivity contribution in [1.82, 2.24) is 0 Å². The number of esters is 2. The number of allylic oxidation sites excluding steroid dienone is 34. The molecule has 0 amide bonds. The summed E-state index contributed by atoms with van der Waals surface area (Å²) in [7, 11) is 1.45. The quantitative estimate of drug-likeness (QED) is 0.0211. The van der Waals surface area contributed by atoms with E-state index in [0.717, 1.165) is 167 Å². The van der Waals surface area contributed by atoms with Crippen LogP contribution in [0.2, 0.25) is 0 Å². The molecule has 96 heavy (non-hydrogen) atoms. The molecule has 9 nitrogen and oxygen atoms in total. The molecule has 0 aliphatic rings. The SMILES string of the molecule is CC/C=C\C/C=C\C/C=C\C/C=C\C/C=C\C/C=C\C/C=C\C/C=C\C/C=C\C/C=C\CCCCCCCCCCCCC(=O)OC(COC(=O)CCCCCCCCCCC/C=C\C/C=C\C/C=C\C/C=C\C/C=C\C/C=C\C/C=C\CC)COP(=O)(O)OCC[N+](C)(C)C. The first-order valence-corrected chi connectivity index (χ1v) is 39.3. The van der Waals surface area contributed by atoms with Gasteiger partial charge in [0.15, 0.2) is 6.10 Å². The summed E-state index contributed by atoms with van der Waals surface area (Å²) in [4.78, 5) is 36.0. The Hall–Kier alpha value is -5.41. The van der Waals surface area contributed by atoms with Gasteiger partial charge in [0.2, 0.25) is 0 Å². The van der Waals surface area contributed by atoms with Crippen LogP contribution in [0.1, 0.15) is 271 Å². The van der Waals surface area contributed by atoms with Gasteiger partial charge >= 0.3 is 19.8 Å². The van der Waals surface area contributed by atoms with E-state index < -0.39 is 26.5 Å². The van der Waals surface area contributed by atoms with Crippen LogP contribution in [0.4, 0.5) is 0 Å². The lowest BCUT2D eigenvalue weighted by molar-refractivity contribution is -0.870. The van der Waals surface area contributed by atoms with Gasteiger partial charge in [0, 0.05) is 12.8 Å². The maximum atomic E-state index is 12.9. The molecule has 0 fully saturated rings. The first-order chi connectivity index (χ1) is 47.0. The molecule has 0 radical (unpaired) electrons. The third-order valence-electron chi connectivity index (χ3n) is 15.3. The predicted molar refractivity (Wildman–Crippen MR) is 417 cm³/mol. The van der Waals surface area contributed by atoms with Crippen LogP contribution in [0.3, 0.4) is 0 Å². The number of carbonyl (C=O) groups excluding carboxylic acids is 2. The maximum Gasteiger partial charge on any atom is 0.472 e. The van der Waals surface area contributed by atoms with Crippen molar-refractivity contribution in [2.24, 2.45) is 0 Å². The Kier molecular flexibility index (Phi) is 69.7. The van der Waals surface area contributed by atoms with Crippen molar-refractivity contribution >= 4 is 19.8 Å². The summed E-state index contributed by atoms with van der Waals surface area (Å²) in [5.41, 5.74) is 0. The smallest absolute Gasteiger partial charge is 0.462 e. The molecule has 0 aromatic carbocycles. The number of phosphoric acid groups is 1. The van der Waals surface area contributed by atoms with Crippen molar-refractivity contribution in [3.8, 4) is 0 Å². The largest absolute Gasteiger partial charge is 0.472 e. The summed E-state index contributed by atoms with van der Waals surface area (Å²) >= 11 is 0. The van der Waals surface area contributed by atoms with Crippen LogP contribution < -0.4 is 0 Å². The minimum absolute atomic E-state index is 0.0194. The second-order valence-corrected chi connectivity index (χ2v) is 27.0. The highest BCUT2D eigenvalue weighted by Gasteiger charge is 2.27. The monoisotopic (exact) mass is 1350 g/mol. The highest BCUT2D eigenvalue weighted by atomic mass is 31.2. The van der Waals surface area contributed by atoms with Crippen LogP contribution in [0.15, 0.2) is 207 Å². The van der Waals surface area contributed by atoms with Crippen molar-refractivity contribution in [1.29, 1.82) is 0 Å². The molecule has 0 aliphatic heterocycles. The Bertz CT molecular complexity index is 2380. The highest BCUT2D eigenvalue weighted by Crippen LogP contribution is 2.43. The number of hydrogen-bond donors (Lipinski definition) is 1. The minimum atomic E-state index is -4.41. The number of likely N-dealkylation sites (N-methyl/N-ethyl adjacent to an activating group) is 1. The fourth-order valence-electron chi connectivity index (χ4n) is 9.61. The summed E-state index contributed by atoms with van der Waals surface area (Å²) < 4.78 is 34.8. The van der Waals surface area contributed by atoms with Gasteiger partial charge in [-0.2, -0.15) is 0 Å². The third-order valence-corrected chi connectivity index (χ3v) is 16.3. The van der Waals surface area contributed by atoms with Gasteiger partial charge < -0.3 is 18.9 Å². The van der Waals surface area contributed by atoms with E-state index in [-0.39, 0.29) is 32.0 Å². The third kappa shape index (κ3) is 77.6. The first kappa shape index (κ1) is 90.6. The summed E-state index contributed by atoms with van der Waals surface area (Å²) in [5.74, 6) is -0.820. The highest BCUT2D eigenvalue weighted by molar-refractivity contribution is 7.47. The zero-order chi connectivity index (χ0) is 69.7. The van der Waals surface area contributed by atoms with E-state index in [4.69, 9.17) is 18.5 Å². The lowest BCUT2D eigenvalue weighted by Gasteiger charge is -2.24. The van der Waals surface area contributed by atoms with Crippen molar-refractivity contribution in [2.75, 3.05) is 47.5 Å². The van der Waals surface area contributed by atoms with E-state index >= 15 is 0 Å². The van der Waals surface area contributed by atoms with E-state index in [2.05, 4.69) is 220 Å². The fraction of sp³-hybridized carbons (Fsp3) is 0.581. The van der Waals surface area contributed by atoms with Crippen LogP contribution in [0.5, 0.6) is 0 Å². The zero-order valence-electron chi connectivity index (χ0n) is 61.5. The number of hydrogen-bond acceptors (Lipinski definition) is 7. The van der Waals surface area contributed by atoms with E-state index in [0.29, 0.717) is 17.4 Å². The molecule has 0 aromatic rings. The molecule has 0 aliphatic carbocycles. The summed E-state index contributed by atoms with van der Waals surface area (Å²) in [6, 6.07) is 0. The van der Waals surface area contributed by atoms with Gasteiger partial charge in [-0.15, -0.1) is 0 Å². The van der Waals surface area contributed by atoms with Crippen LogP contribution >= 0.6 is 7.82 Å². The van der Waals surface area contributed by atoms with Crippen LogP contribution in [-0.4, -0.2) is 74.9 Å². The number of ether oxygens (including phenoxy) is 2. The van der Waals surface area contributed by atoms with Gasteiger partial charge in [0.25, 0.3) is 0 Å². The van der Waals surface area contributed by atoms with Gasteiger partial charge in [-0.25, -0.2) is 4.57 Å². The number of nitrogens with zero attached hydrogens (tertiary/aromatic N) is 1. The van der Waals surface area contributed by atoms with Crippen LogP contribution in [0, 0.1) is 0 Å². The Morgan fingerprint density at radius 1 is 0.323 bits per heavy atom. The summed E-state index contributed by atoms with van der Waals surface area (Å²) in [5, 5.41) is 0. The second-order valence-electron chi connectivity index (χ2n) is 25.6. The molecule has 10 heteroatoms. The molecule has 1 N–H and O–H groups in total. The lowest BCUT2D eigenvalue weighted by Crippen LogP contribution is -2.37. The van der Waals surface area contributed by atoms with Crippen molar-refractivity contribution in [2.45, 2.75) is 277 Å². The normalized spacial score (nSPS) is 14.3. The van der Waals surface area contributed by atoms with Gasteiger partial charge in [0.1, 0.15) is 19.8 Å². The van der Waals surface area contributed by atoms with Gasteiger partial charge in [-0.3, -0.25) is 18.6 Å². The molecule has 0 spiro atoms. The number of phosphoric ester groups is 1. The van der Waals surface area contributed by atoms with Gasteiger partial charge in [-0.1, -0.05) is 317 Å². The van der Waals surface area contributed by atoms with E-state index in [1.807, 2.05) is 21.1 Å². The number of unbranched alkanes of at least 4 members (excludes halogenated alkanes) is 19. The molecule has 540 valence electrons. The Morgan fingerprint density at radius 2 is 0.562 bits per heavy atom. The second kappa shape index (κ2) is 73.8. The molecular weight excluding hydrogens is 1210 g/mol. The standard InChI is InChI=1S/C86H138NO8P/c1-6-8-10-12-14-16-18-20-22-24-26-28-30-32-34-36-38-39-40-41-42-43-44-45-46-47-49-51-53-55-57-59-61-63-65-67-69-71-73-75-77-79-86(89)95-84(83-94-96(90,91)93-81-80-87(3,4)5)82-92-85(88)78-76-74-72-70-68-66-64-62-60-58-56-54-52-50-48-37-35-33-31-29-27-25-23-21-19-17-15-13-11-9-7-2/h8-11,14-17,20-23,26-29,32-35,38-39,41-42,44-45,47-50,53-56,84H,6-7,12-13,18-19,24-25,30-31,36-37,40,43,46,51-52,57-83H2,1-5H3/p+1/b10-8-,11-9-,16-14-,17-15-,22-20-,23-21-,28-26-,29-27-,34-32-,35-33-,39-38-,42-41-,45-44-,49-47-,50-48-,55-53-,56-54-. The Morgan fingerprint density at radius 3 is 0.833 bits per heavy atom. The number of carbonyl (C=O) groups is 2. The average molecular weight is 1350 g/mol. The van der Waals surface area contributed by atoms with Crippen LogP contribution in [-0.2, 0) is 32.7 Å². The van der Waals surface area contributed by atoms with Crippen molar-refractivity contribution < 1.29 is 42.1 Å². The minimum Gasteiger partial charge on any atom is -0.462 e. The zero-order valence-corrected chi connectivity index (χ0v) is 62.4. The Labute approximate surface area is 589 Å². The fourth-order valence-corrected chi connectivity index (χ4v) is 10.4. The average Bonchev–Trinajstić information content (AvgIpc) is 2.54. The number of quaternary nitrogens is 1. The maximum absolute atomic E-state index is 12.9. The van der Waals surface area contributed by atoms with Gasteiger partial charge in [-0.05, 0) is 148 Å². The molecule has 0 saturated heterocycles. The topological polar surface area (TPSA) is 108 Å². The number of rotatable bonds is 67. The van der Waals surface area contributed by atoms with Crippen molar-refractivity contribution in [3.63, 3.8) is 0 Å². The molecule has 0 aromatic heterocycles. The van der Waals surface area contributed by atoms with E-state index in [9.17, 15) is 19.0 Å². The molecule has 0 bridgehead atoms. The lowest BCUT2D eigenvalue weighted by atomic mass is 10.0.